The van der Waals surface area contributed by atoms with Crippen molar-refractivity contribution in [3.8, 4) is 5.75 Å². The summed E-state index contributed by atoms with van der Waals surface area (Å²) in [5, 5.41) is 13.6. The van der Waals surface area contributed by atoms with Crippen LogP contribution in [0.2, 0.25) is 0 Å². The van der Waals surface area contributed by atoms with Gasteiger partial charge in [-0.25, -0.2) is 5.10 Å². The topological polar surface area (TPSA) is 107 Å². The highest BCUT2D eigenvalue weighted by molar-refractivity contribution is 5.77. The fraction of sp³-hybridized carbons (Fsp3) is 0.385. The van der Waals surface area contributed by atoms with Crippen LogP contribution in [0.5, 0.6) is 5.75 Å². The number of benzene rings is 1. The van der Waals surface area contributed by atoms with Crippen molar-refractivity contribution in [1.29, 1.82) is 0 Å². The van der Waals surface area contributed by atoms with Gasteiger partial charge in [0.05, 0.1) is 12.5 Å². The summed E-state index contributed by atoms with van der Waals surface area (Å²) in [6, 6.07) is 5.60. The number of H-pyrrole nitrogens is 1. The highest BCUT2D eigenvalue weighted by Gasteiger charge is 2.10. The fourth-order valence-corrected chi connectivity index (χ4v) is 1.91. The van der Waals surface area contributed by atoms with Crippen LogP contribution in [0.25, 0.3) is 0 Å². The number of nitrogens with one attached hydrogen (secondary N) is 1. The van der Waals surface area contributed by atoms with Crippen molar-refractivity contribution in [3.05, 3.63) is 35.2 Å². The third kappa shape index (κ3) is 3.78. The largest absolute Gasteiger partial charge is 0.491 e. The lowest BCUT2D eigenvalue weighted by atomic mass is 10.0. The minimum absolute atomic E-state index is 0.0701. The van der Waals surface area contributed by atoms with Gasteiger partial charge in [0.2, 0.25) is 5.91 Å². The first-order valence-electron chi connectivity index (χ1n) is 6.34. The summed E-state index contributed by atoms with van der Waals surface area (Å²) in [5.74, 6) is 0.965. The van der Waals surface area contributed by atoms with E-state index in [1.807, 2.05) is 32.0 Å². The first-order chi connectivity index (χ1) is 9.54. The van der Waals surface area contributed by atoms with Gasteiger partial charge in [0.15, 0.2) is 5.82 Å². The number of tetrazole rings is 1. The molecule has 2 rings (SSSR count). The van der Waals surface area contributed by atoms with Gasteiger partial charge in [0.1, 0.15) is 5.75 Å². The van der Waals surface area contributed by atoms with Crippen LogP contribution in [-0.2, 0) is 17.6 Å². The van der Waals surface area contributed by atoms with E-state index in [-0.39, 0.29) is 18.4 Å². The third-order valence-electron chi connectivity index (χ3n) is 2.66. The standard InChI is InChI=1S/C13H17N5O2/c1-8(2)20-11-4-3-9(7-13-15-17-18-16-13)10(5-11)6-12(14)19/h3-5,8H,6-7H2,1-2H3,(H2,14,19)(H,15,16,17,18). The van der Waals surface area contributed by atoms with Crippen molar-refractivity contribution in [2.45, 2.75) is 32.8 Å². The molecule has 7 heteroatoms. The molecule has 1 aromatic heterocycles. The average molecular weight is 275 g/mol. The number of aromatic nitrogens is 4. The summed E-state index contributed by atoms with van der Waals surface area (Å²) in [7, 11) is 0. The maximum Gasteiger partial charge on any atom is 0.221 e. The summed E-state index contributed by atoms with van der Waals surface area (Å²) in [5.41, 5.74) is 7.06. The van der Waals surface area contributed by atoms with Crippen LogP contribution in [-0.4, -0.2) is 32.6 Å². The number of amides is 1. The van der Waals surface area contributed by atoms with Crippen LogP contribution in [0.15, 0.2) is 18.2 Å². The molecule has 0 saturated carbocycles. The number of aromatic amines is 1. The molecule has 2 aromatic rings. The molecule has 1 heterocycles. The molecule has 1 aromatic carbocycles. The van der Waals surface area contributed by atoms with Gasteiger partial charge >= 0.3 is 0 Å². The fourth-order valence-electron chi connectivity index (χ4n) is 1.91. The van der Waals surface area contributed by atoms with Crippen LogP contribution in [0.4, 0.5) is 0 Å². The third-order valence-corrected chi connectivity index (χ3v) is 2.66. The SMILES string of the molecule is CC(C)Oc1ccc(Cc2nnn[nH]2)c(CC(N)=O)c1. The molecule has 0 aliphatic rings. The number of ether oxygens (including phenoxy) is 1. The second kappa shape index (κ2) is 6.14. The summed E-state index contributed by atoms with van der Waals surface area (Å²) in [4.78, 5) is 11.2. The quantitative estimate of drug-likeness (QED) is 0.803. The van der Waals surface area contributed by atoms with E-state index in [1.54, 1.807) is 0 Å². The molecule has 7 nitrogen and oxygen atoms in total. The normalized spacial score (nSPS) is 10.8. The molecule has 0 bridgehead atoms. The van der Waals surface area contributed by atoms with Crippen LogP contribution < -0.4 is 10.5 Å². The van der Waals surface area contributed by atoms with Gasteiger partial charge in [0, 0.05) is 6.42 Å². The van der Waals surface area contributed by atoms with E-state index in [0.29, 0.717) is 12.2 Å². The zero-order valence-electron chi connectivity index (χ0n) is 11.5. The molecule has 20 heavy (non-hydrogen) atoms. The van der Waals surface area contributed by atoms with Crippen molar-refractivity contribution < 1.29 is 9.53 Å². The van der Waals surface area contributed by atoms with Crippen LogP contribution in [0.3, 0.4) is 0 Å². The second-order valence-corrected chi connectivity index (χ2v) is 4.76. The maximum atomic E-state index is 11.2. The molecule has 0 saturated heterocycles. The zero-order valence-corrected chi connectivity index (χ0v) is 11.5. The van der Waals surface area contributed by atoms with Gasteiger partial charge < -0.3 is 10.5 Å². The number of hydrogen-bond donors (Lipinski definition) is 2. The smallest absolute Gasteiger partial charge is 0.221 e. The highest BCUT2D eigenvalue weighted by Crippen LogP contribution is 2.21. The monoisotopic (exact) mass is 275 g/mol. The van der Waals surface area contributed by atoms with Crippen molar-refractivity contribution in [2.75, 3.05) is 0 Å². The molecular weight excluding hydrogens is 258 g/mol. The van der Waals surface area contributed by atoms with E-state index < -0.39 is 0 Å². The number of nitrogens with zero attached hydrogens (tertiary/aromatic N) is 3. The molecule has 1 amide bonds. The Labute approximate surface area is 116 Å². The first kappa shape index (κ1) is 14.0. The number of carbonyl (C=O) groups excluding carboxylic acids is 1. The van der Waals surface area contributed by atoms with Crippen molar-refractivity contribution >= 4 is 5.91 Å². The van der Waals surface area contributed by atoms with Crippen molar-refractivity contribution in [3.63, 3.8) is 0 Å². The van der Waals surface area contributed by atoms with Gasteiger partial charge in [-0.3, -0.25) is 4.79 Å². The van der Waals surface area contributed by atoms with Gasteiger partial charge in [-0.2, -0.15) is 0 Å². The molecule has 0 aliphatic heterocycles. The zero-order chi connectivity index (χ0) is 14.5. The lowest BCUT2D eigenvalue weighted by molar-refractivity contribution is -0.117. The van der Waals surface area contributed by atoms with Crippen LogP contribution >= 0.6 is 0 Å². The molecule has 0 radical (unpaired) electrons. The minimum Gasteiger partial charge on any atom is -0.491 e. The predicted molar refractivity (Wildman–Crippen MR) is 72.1 cm³/mol. The van der Waals surface area contributed by atoms with Gasteiger partial charge in [0.25, 0.3) is 0 Å². The summed E-state index contributed by atoms with van der Waals surface area (Å²) in [6.07, 6.45) is 0.741. The molecule has 106 valence electrons. The minimum atomic E-state index is -0.386. The van der Waals surface area contributed by atoms with Crippen LogP contribution in [0.1, 0.15) is 30.8 Å². The molecule has 0 aliphatic carbocycles. The Bertz CT molecular complexity index is 580. The Morgan fingerprint density at radius 1 is 1.40 bits per heavy atom. The number of hydrogen-bond acceptors (Lipinski definition) is 5. The van der Waals surface area contributed by atoms with E-state index in [4.69, 9.17) is 10.5 Å². The van der Waals surface area contributed by atoms with E-state index >= 15 is 0 Å². The lowest BCUT2D eigenvalue weighted by Crippen LogP contribution is -2.15. The molecule has 0 unspecified atom stereocenters. The van der Waals surface area contributed by atoms with E-state index in [0.717, 1.165) is 16.9 Å². The Morgan fingerprint density at radius 2 is 2.20 bits per heavy atom. The Hall–Kier alpha value is -2.44. The maximum absolute atomic E-state index is 11.2. The molecule has 0 atom stereocenters. The van der Waals surface area contributed by atoms with Gasteiger partial charge in [-0.15, -0.1) is 5.10 Å². The predicted octanol–water partition coefficient (Wildman–Crippen LogP) is 0.605. The number of nitrogens with two attached hydrogens (primary N) is 1. The number of rotatable bonds is 6. The molecule has 0 spiro atoms. The number of carbonyl (C=O) groups is 1. The van der Waals surface area contributed by atoms with Gasteiger partial charge in [-0.05, 0) is 47.5 Å². The summed E-state index contributed by atoms with van der Waals surface area (Å²) in [6.45, 7) is 3.89. The van der Waals surface area contributed by atoms with E-state index in [9.17, 15) is 4.79 Å². The van der Waals surface area contributed by atoms with E-state index in [1.165, 1.54) is 0 Å². The van der Waals surface area contributed by atoms with Crippen molar-refractivity contribution in [2.24, 2.45) is 5.73 Å². The first-order valence-corrected chi connectivity index (χ1v) is 6.34. The Kier molecular flexibility index (Phi) is 4.29. The highest BCUT2D eigenvalue weighted by atomic mass is 16.5. The molecule has 0 fully saturated rings. The summed E-state index contributed by atoms with van der Waals surface area (Å²) < 4.78 is 5.63. The Morgan fingerprint density at radius 3 is 2.80 bits per heavy atom. The molecular formula is C13H17N5O2. The molecule has 3 N–H and O–H groups in total. The van der Waals surface area contributed by atoms with E-state index in [2.05, 4.69) is 20.6 Å². The average Bonchev–Trinajstić information content (AvgIpc) is 2.84. The second-order valence-electron chi connectivity index (χ2n) is 4.76. The van der Waals surface area contributed by atoms with Crippen LogP contribution in [0, 0.1) is 0 Å². The number of primary amides is 1. The van der Waals surface area contributed by atoms with Gasteiger partial charge in [-0.1, -0.05) is 6.07 Å². The lowest BCUT2D eigenvalue weighted by Gasteiger charge is -2.13. The summed E-state index contributed by atoms with van der Waals surface area (Å²) >= 11 is 0. The van der Waals surface area contributed by atoms with Crippen molar-refractivity contribution in [1.82, 2.24) is 20.6 Å². The Balaban J connectivity index is 2.27.